The van der Waals surface area contributed by atoms with E-state index < -0.39 is 0 Å². The number of nitrogens with one attached hydrogen (secondary N) is 2. The molecule has 114 valence electrons. The molecule has 1 rings (SSSR count). The van der Waals surface area contributed by atoms with Crippen molar-refractivity contribution in [2.45, 2.75) is 32.6 Å². The van der Waals surface area contributed by atoms with Crippen LogP contribution in [0.25, 0.3) is 0 Å². The number of carbonyl (C=O) groups excluding carboxylic acids is 1. The van der Waals surface area contributed by atoms with Crippen LogP contribution < -0.4 is 16.1 Å². The molecule has 0 spiro atoms. The summed E-state index contributed by atoms with van der Waals surface area (Å²) in [5.41, 5.74) is 1.87. The van der Waals surface area contributed by atoms with Crippen LogP contribution in [0.4, 0.5) is 0 Å². The van der Waals surface area contributed by atoms with E-state index in [9.17, 15) is 4.79 Å². The second-order valence-electron chi connectivity index (χ2n) is 5.31. The Labute approximate surface area is 129 Å². The highest BCUT2D eigenvalue weighted by Gasteiger charge is 2.03. The van der Waals surface area contributed by atoms with E-state index in [1.807, 2.05) is 39.0 Å². The number of allylic oxidation sites excluding steroid dienone is 1. The normalized spacial score (nSPS) is 10.9. The van der Waals surface area contributed by atoms with Gasteiger partial charge >= 0.3 is 0 Å². The van der Waals surface area contributed by atoms with Crippen molar-refractivity contribution in [3.8, 4) is 0 Å². The lowest BCUT2D eigenvalue weighted by Gasteiger charge is -2.06. The Bertz CT molecular complexity index is 446. The smallest absolute Gasteiger partial charge is 0.251 e. The molecule has 0 aromatic heterocycles. The number of carbonyl (C=O) groups is 1. The Morgan fingerprint density at radius 3 is 2.67 bits per heavy atom. The number of amides is 1. The maximum Gasteiger partial charge on any atom is 0.251 e. The molecular formula is C17H27BN2O. The van der Waals surface area contributed by atoms with Crippen molar-refractivity contribution in [3.63, 3.8) is 0 Å². The first kappa shape index (κ1) is 17.5. The first-order valence-corrected chi connectivity index (χ1v) is 7.91. The molecule has 0 radical (unpaired) electrons. The summed E-state index contributed by atoms with van der Waals surface area (Å²) in [4.78, 5) is 11.9. The predicted molar refractivity (Wildman–Crippen MR) is 93.1 cm³/mol. The Kier molecular flexibility index (Phi) is 9.30. The lowest BCUT2D eigenvalue weighted by Crippen LogP contribution is -2.25. The van der Waals surface area contributed by atoms with Gasteiger partial charge in [-0.05, 0) is 32.4 Å². The van der Waals surface area contributed by atoms with Crippen molar-refractivity contribution in [3.05, 3.63) is 42.0 Å². The van der Waals surface area contributed by atoms with Gasteiger partial charge < -0.3 is 10.6 Å². The van der Waals surface area contributed by atoms with E-state index in [0.717, 1.165) is 37.1 Å². The third-order valence-corrected chi connectivity index (χ3v) is 3.34. The maximum atomic E-state index is 11.9. The lowest BCUT2D eigenvalue weighted by atomic mass is 9.94. The summed E-state index contributed by atoms with van der Waals surface area (Å²) < 4.78 is 0. The van der Waals surface area contributed by atoms with Gasteiger partial charge in [0.25, 0.3) is 5.91 Å². The zero-order valence-electron chi connectivity index (χ0n) is 13.3. The highest BCUT2D eigenvalue weighted by Crippen LogP contribution is 1.99. The molecule has 2 N–H and O–H groups in total. The molecule has 0 aliphatic heterocycles. The molecule has 1 aromatic carbocycles. The van der Waals surface area contributed by atoms with Crippen LogP contribution in [0.5, 0.6) is 0 Å². The van der Waals surface area contributed by atoms with Gasteiger partial charge in [0.05, 0.1) is 0 Å². The standard InChI is InChI=1S/C17H27BN2O/c1-2-3-11-19-12-6-4-5-7-13-20-17(21)15-9-8-10-16(18)14-15/h2-3,8-10,14,19H,4-7,11-13,18H2,1H3,(H,20,21)/b3-2+. The number of hydrogen-bond donors (Lipinski definition) is 2. The largest absolute Gasteiger partial charge is 0.352 e. The van der Waals surface area contributed by atoms with Gasteiger partial charge in [-0.15, -0.1) is 0 Å². The molecular weight excluding hydrogens is 259 g/mol. The maximum absolute atomic E-state index is 11.9. The molecule has 21 heavy (non-hydrogen) atoms. The third kappa shape index (κ3) is 8.36. The highest BCUT2D eigenvalue weighted by molar-refractivity contribution is 6.32. The predicted octanol–water partition coefficient (Wildman–Crippen LogP) is 1.40. The Hall–Kier alpha value is -1.55. The van der Waals surface area contributed by atoms with Gasteiger partial charge in [0.2, 0.25) is 0 Å². The minimum Gasteiger partial charge on any atom is -0.352 e. The summed E-state index contributed by atoms with van der Waals surface area (Å²) in [6.07, 6.45) is 8.81. The van der Waals surface area contributed by atoms with E-state index in [-0.39, 0.29) is 5.91 Å². The molecule has 0 unspecified atom stereocenters. The van der Waals surface area contributed by atoms with E-state index in [4.69, 9.17) is 0 Å². The SMILES string of the molecule is Bc1cccc(C(=O)NCCCCCCNC/C=C/C)c1. The second-order valence-corrected chi connectivity index (χ2v) is 5.31. The molecule has 0 fully saturated rings. The Morgan fingerprint density at radius 1 is 1.19 bits per heavy atom. The van der Waals surface area contributed by atoms with Crippen LogP contribution in [0, 0.1) is 0 Å². The molecule has 0 aliphatic carbocycles. The van der Waals surface area contributed by atoms with Crippen LogP contribution >= 0.6 is 0 Å². The zero-order chi connectivity index (χ0) is 15.3. The molecule has 0 saturated carbocycles. The molecule has 1 amide bonds. The van der Waals surface area contributed by atoms with Crippen molar-refractivity contribution in [2.75, 3.05) is 19.6 Å². The Morgan fingerprint density at radius 2 is 1.95 bits per heavy atom. The summed E-state index contributed by atoms with van der Waals surface area (Å²) in [5, 5.41) is 6.35. The molecule has 0 atom stereocenters. The first-order valence-electron chi connectivity index (χ1n) is 7.91. The van der Waals surface area contributed by atoms with Gasteiger partial charge in [0.1, 0.15) is 7.85 Å². The fourth-order valence-corrected chi connectivity index (χ4v) is 2.12. The fraction of sp³-hybridized carbons (Fsp3) is 0.471. The quantitative estimate of drug-likeness (QED) is 0.388. The summed E-state index contributed by atoms with van der Waals surface area (Å²) in [5.74, 6) is 0.0340. The van der Waals surface area contributed by atoms with Crippen molar-refractivity contribution in [1.82, 2.24) is 10.6 Å². The van der Waals surface area contributed by atoms with Crippen LogP contribution in [0.3, 0.4) is 0 Å². The van der Waals surface area contributed by atoms with Crippen molar-refractivity contribution in [1.29, 1.82) is 0 Å². The van der Waals surface area contributed by atoms with Gasteiger partial charge in [-0.1, -0.05) is 48.7 Å². The number of rotatable bonds is 10. The van der Waals surface area contributed by atoms with Crippen LogP contribution in [0.15, 0.2) is 36.4 Å². The number of unbranched alkanes of at least 4 members (excludes halogenated alkanes) is 3. The number of benzene rings is 1. The average Bonchev–Trinajstić information content (AvgIpc) is 2.49. The molecule has 3 nitrogen and oxygen atoms in total. The first-order chi connectivity index (χ1) is 10.2. The molecule has 4 heteroatoms. The van der Waals surface area contributed by atoms with Crippen LogP contribution in [0.2, 0.25) is 0 Å². The van der Waals surface area contributed by atoms with Gasteiger partial charge in [-0.3, -0.25) is 4.79 Å². The molecule has 0 bridgehead atoms. The summed E-state index contributed by atoms with van der Waals surface area (Å²) in [6.45, 7) is 4.83. The lowest BCUT2D eigenvalue weighted by molar-refractivity contribution is 0.0953. The van der Waals surface area contributed by atoms with Gasteiger partial charge in [-0.25, -0.2) is 0 Å². The molecule has 0 saturated heterocycles. The minimum absolute atomic E-state index is 0.0340. The second kappa shape index (κ2) is 11.2. The molecule has 0 heterocycles. The third-order valence-electron chi connectivity index (χ3n) is 3.34. The summed E-state index contributed by atoms with van der Waals surface area (Å²) in [6, 6.07) is 7.70. The minimum atomic E-state index is 0.0340. The van der Waals surface area contributed by atoms with E-state index in [1.54, 1.807) is 0 Å². The summed E-state index contributed by atoms with van der Waals surface area (Å²) >= 11 is 0. The van der Waals surface area contributed by atoms with Crippen molar-refractivity contribution < 1.29 is 4.79 Å². The highest BCUT2D eigenvalue weighted by atomic mass is 16.1. The zero-order valence-corrected chi connectivity index (χ0v) is 13.3. The van der Waals surface area contributed by atoms with E-state index >= 15 is 0 Å². The fourth-order valence-electron chi connectivity index (χ4n) is 2.12. The van der Waals surface area contributed by atoms with Gasteiger partial charge in [0.15, 0.2) is 0 Å². The van der Waals surface area contributed by atoms with Crippen LogP contribution in [-0.2, 0) is 0 Å². The van der Waals surface area contributed by atoms with E-state index in [1.165, 1.54) is 19.3 Å². The summed E-state index contributed by atoms with van der Waals surface area (Å²) in [7, 11) is 2.00. The number of hydrogen-bond acceptors (Lipinski definition) is 2. The Balaban J connectivity index is 2.00. The average molecular weight is 286 g/mol. The van der Waals surface area contributed by atoms with Crippen molar-refractivity contribution in [2.24, 2.45) is 0 Å². The topological polar surface area (TPSA) is 41.1 Å². The van der Waals surface area contributed by atoms with E-state index in [2.05, 4.69) is 22.8 Å². The van der Waals surface area contributed by atoms with E-state index in [0.29, 0.717) is 0 Å². The van der Waals surface area contributed by atoms with Gasteiger partial charge in [-0.2, -0.15) is 0 Å². The van der Waals surface area contributed by atoms with Crippen molar-refractivity contribution >= 4 is 19.2 Å². The van der Waals surface area contributed by atoms with Gasteiger partial charge in [0, 0.05) is 18.7 Å². The monoisotopic (exact) mass is 286 g/mol. The van der Waals surface area contributed by atoms with Crippen LogP contribution in [-0.4, -0.2) is 33.4 Å². The molecule has 0 aliphatic rings. The molecule has 1 aromatic rings. The van der Waals surface area contributed by atoms with Crippen LogP contribution in [0.1, 0.15) is 43.0 Å².